The fourth-order valence-electron chi connectivity index (χ4n) is 2.51. The molecule has 4 nitrogen and oxygen atoms in total. The van der Waals surface area contributed by atoms with Gasteiger partial charge in [0.25, 0.3) is 5.91 Å². The maximum atomic E-state index is 12.0. The van der Waals surface area contributed by atoms with E-state index in [1.165, 1.54) is 12.8 Å². The molecule has 1 fully saturated rings. The van der Waals surface area contributed by atoms with Crippen LogP contribution in [0.4, 0.5) is 0 Å². The lowest BCUT2D eigenvalue weighted by atomic mass is 10.1. The van der Waals surface area contributed by atoms with Crippen LogP contribution in [0.1, 0.15) is 38.2 Å². The summed E-state index contributed by atoms with van der Waals surface area (Å²) >= 11 is 0. The molecule has 1 unspecified atom stereocenters. The summed E-state index contributed by atoms with van der Waals surface area (Å²) in [5, 5.41) is 11.9. The second kappa shape index (κ2) is 7.29. The van der Waals surface area contributed by atoms with Gasteiger partial charge in [0, 0.05) is 12.6 Å². The highest BCUT2D eigenvalue weighted by Gasteiger charge is 2.21. The monoisotopic (exact) mass is 277 g/mol. The van der Waals surface area contributed by atoms with E-state index >= 15 is 0 Å². The Morgan fingerprint density at radius 1 is 1.35 bits per heavy atom. The minimum absolute atomic E-state index is 0.0451. The van der Waals surface area contributed by atoms with Gasteiger partial charge in [0.1, 0.15) is 5.75 Å². The summed E-state index contributed by atoms with van der Waals surface area (Å²) in [7, 11) is 0. The first-order valence-corrected chi connectivity index (χ1v) is 7.36. The van der Waals surface area contributed by atoms with Crippen LogP contribution in [-0.2, 0) is 11.2 Å². The first-order valence-electron chi connectivity index (χ1n) is 7.36. The van der Waals surface area contributed by atoms with Crippen molar-refractivity contribution in [3.05, 3.63) is 29.8 Å². The Kier molecular flexibility index (Phi) is 5.41. The third-order valence-corrected chi connectivity index (χ3v) is 3.71. The zero-order valence-corrected chi connectivity index (χ0v) is 12.0. The smallest absolute Gasteiger partial charge is 0.260 e. The highest BCUT2D eigenvalue weighted by Crippen LogP contribution is 2.18. The molecule has 0 aromatic heterocycles. The number of hydrogen-bond acceptors (Lipinski definition) is 3. The van der Waals surface area contributed by atoms with Crippen molar-refractivity contribution in [2.45, 2.75) is 51.2 Å². The summed E-state index contributed by atoms with van der Waals surface area (Å²) in [6.07, 6.45) is 4.71. The molecule has 1 aromatic carbocycles. The quantitative estimate of drug-likeness (QED) is 0.836. The van der Waals surface area contributed by atoms with Crippen molar-refractivity contribution in [1.29, 1.82) is 0 Å². The maximum absolute atomic E-state index is 12.0. The molecule has 20 heavy (non-hydrogen) atoms. The van der Waals surface area contributed by atoms with E-state index in [9.17, 15) is 4.79 Å². The molecule has 0 saturated heterocycles. The minimum atomic E-state index is -0.487. The second-order valence-electron chi connectivity index (χ2n) is 5.37. The summed E-state index contributed by atoms with van der Waals surface area (Å²) in [6.45, 7) is 1.91. The highest BCUT2D eigenvalue weighted by molar-refractivity contribution is 5.81. The van der Waals surface area contributed by atoms with Crippen LogP contribution in [0.15, 0.2) is 24.3 Å². The molecule has 110 valence electrons. The van der Waals surface area contributed by atoms with Gasteiger partial charge in [0.15, 0.2) is 6.10 Å². The van der Waals surface area contributed by atoms with E-state index in [0.29, 0.717) is 18.2 Å². The van der Waals surface area contributed by atoms with Crippen molar-refractivity contribution in [3.8, 4) is 5.75 Å². The van der Waals surface area contributed by atoms with Gasteiger partial charge >= 0.3 is 0 Å². The van der Waals surface area contributed by atoms with Gasteiger partial charge in [-0.05, 0) is 43.9 Å². The Morgan fingerprint density at radius 3 is 2.60 bits per heavy atom. The number of rotatable bonds is 6. The van der Waals surface area contributed by atoms with Crippen LogP contribution in [0, 0.1) is 0 Å². The molecular weight excluding hydrogens is 254 g/mol. The zero-order chi connectivity index (χ0) is 14.4. The molecule has 0 spiro atoms. The zero-order valence-electron chi connectivity index (χ0n) is 12.0. The van der Waals surface area contributed by atoms with Gasteiger partial charge < -0.3 is 15.2 Å². The molecule has 1 amide bonds. The molecule has 1 aliphatic rings. The van der Waals surface area contributed by atoms with Crippen LogP contribution in [0.3, 0.4) is 0 Å². The molecule has 4 heteroatoms. The third kappa shape index (κ3) is 4.23. The minimum Gasteiger partial charge on any atom is -0.481 e. The van der Waals surface area contributed by atoms with E-state index in [4.69, 9.17) is 9.84 Å². The van der Waals surface area contributed by atoms with Crippen molar-refractivity contribution >= 4 is 5.91 Å². The number of aliphatic hydroxyl groups is 1. The lowest BCUT2D eigenvalue weighted by Crippen LogP contribution is -2.41. The van der Waals surface area contributed by atoms with E-state index in [-0.39, 0.29) is 12.5 Å². The van der Waals surface area contributed by atoms with Gasteiger partial charge in [0.05, 0.1) is 0 Å². The SMILES string of the molecule is CC(Oc1ccc(CCO)cc1)C(=O)NC1CCCC1. The summed E-state index contributed by atoms with van der Waals surface area (Å²) in [5.41, 5.74) is 1.06. The fourth-order valence-corrected chi connectivity index (χ4v) is 2.51. The Labute approximate surface area is 120 Å². The molecule has 1 aromatic rings. The van der Waals surface area contributed by atoms with E-state index < -0.39 is 6.10 Å². The number of benzene rings is 1. The van der Waals surface area contributed by atoms with E-state index in [2.05, 4.69) is 5.32 Å². The Bertz CT molecular complexity index is 424. The number of aliphatic hydroxyl groups excluding tert-OH is 1. The molecule has 1 atom stereocenters. The highest BCUT2D eigenvalue weighted by atomic mass is 16.5. The lowest BCUT2D eigenvalue weighted by molar-refractivity contribution is -0.127. The number of carbonyl (C=O) groups excluding carboxylic acids is 1. The van der Waals surface area contributed by atoms with Gasteiger partial charge in [0.2, 0.25) is 0 Å². The topological polar surface area (TPSA) is 58.6 Å². The summed E-state index contributed by atoms with van der Waals surface area (Å²) in [5.74, 6) is 0.636. The molecule has 1 aliphatic carbocycles. The van der Waals surface area contributed by atoms with Crippen LogP contribution in [0.25, 0.3) is 0 Å². The first-order chi connectivity index (χ1) is 9.69. The van der Waals surface area contributed by atoms with Crippen LogP contribution in [0.5, 0.6) is 5.75 Å². The molecule has 0 bridgehead atoms. The van der Waals surface area contributed by atoms with E-state index in [1.54, 1.807) is 6.92 Å². The summed E-state index contributed by atoms with van der Waals surface area (Å²) in [6, 6.07) is 7.81. The summed E-state index contributed by atoms with van der Waals surface area (Å²) < 4.78 is 5.65. The van der Waals surface area contributed by atoms with Crippen LogP contribution < -0.4 is 10.1 Å². The summed E-state index contributed by atoms with van der Waals surface area (Å²) in [4.78, 5) is 12.0. The van der Waals surface area contributed by atoms with Gasteiger partial charge in [-0.1, -0.05) is 25.0 Å². The Balaban J connectivity index is 1.83. The van der Waals surface area contributed by atoms with Crippen LogP contribution in [-0.4, -0.2) is 29.8 Å². The van der Waals surface area contributed by atoms with E-state index in [0.717, 1.165) is 18.4 Å². The number of ether oxygens (including phenoxy) is 1. The van der Waals surface area contributed by atoms with Gasteiger partial charge in [-0.2, -0.15) is 0 Å². The average Bonchev–Trinajstić information content (AvgIpc) is 2.94. The first kappa shape index (κ1) is 14.9. The van der Waals surface area contributed by atoms with Gasteiger partial charge in [-0.15, -0.1) is 0 Å². The normalized spacial score (nSPS) is 16.9. The second-order valence-corrected chi connectivity index (χ2v) is 5.37. The molecule has 2 N–H and O–H groups in total. The number of nitrogens with one attached hydrogen (secondary N) is 1. The molecule has 1 saturated carbocycles. The van der Waals surface area contributed by atoms with Gasteiger partial charge in [-0.3, -0.25) is 4.79 Å². The van der Waals surface area contributed by atoms with E-state index in [1.807, 2.05) is 24.3 Å². The maximum Gasteiger partial charge on any atom is 0.260 e. The van der Waals surface area contributed by atoms with Crippen molar-refractivity contribution in [3.63, 3.8) is 0 Å². The van der Waals surface area contributed by atoms with Gasteiger partial charge in [-0.25, -0.2) is 0 Å². The molecule has 0 radical (unpaired) electrons. The van der Waals surface area contributed by atoms with Crippen molar-refractivity contribution in [2.75, 3.05) is 6.61 Å². The predicted octanol–water partition coefficient (Wildman–Crippen LogP) is 2.05. The van der Waals surface area contributed by atoms with Crippen LogP contribution in [0.2, 0.25) is 0 Å². The van der Waals surface area contributed by atoms with Crippen molar-refractivity contribution in [1.82, 2.24) is 5.32 Å². The fraction of sp³-hybridized carbons (Fsp3) is 0.562. The number of carbonyl (C=O) groups is 1. The Morgan fingerprint density at radius 2 is 2.00 bits per heavy atom. The molecule has 2 rings (SSSR count). The standard InChI is InChI=1S/C16H23NO3/c1-12(16(19)17-14-4-2-3-5-14)20-15-8-6-13(7-9-15)10-11-18/h6-9,12,14,18H,2-5,10-11H2,1H3,(H,17,19). The van der Waals surface area contributed by atoms with Crippen LogP contribution >= 0.6 is 0 Å². The molecule has 0 heterocycles. The van der Waals surface area contributed by atoms with Crippen molar-refractivity contribution < 1.29 is 14.6 Å². The number of amides is 1. The largest absolute Gasteiger partial charge is 0.481 e. The Hall–Kier alpha value is -1.55. The third-order valence-electron chi connectivity index (χ3n) is 3.71. The predicted molar refractivity (Wildman–Crippen MR) is 77.7 cm³/mol. The average molecular weight is 277 g/mol. The molecular formula is C16H23NO3. The van der Waals surface area contributed by atoms with Crippen molar-refractivity contribution in [2.24, 2.45) is 0 Å². The molecule has 0 aliphatic heterocycles. The number of hydrogen-bond donors (Lipinski definition) is 2. The lowest BCUT2D eigenvalue weighted by Gasteiger charge is -2.18.